The van der Waals surface area contributed by atoms with Gasteiger partial charge in [-0.1, -0.05) is 0 Å². The highest BCUT2D eigenvalue weighted by Gasteiger charge is 2.05. The molecule has 0 radical (unpaired) electrons. The van der Waals surface area contributed by atoms with E-state index in [4.69, 9.17) is 4.74 Å². The number of carbonyl (C=O) groups is 1. The molecule has 2 N–H and O–H groups in total. The van der Waals surface area contributed by atoms with Crippen molar-refractivity contribution in [1.29, 1.82) is 0 Å². The molecule has 7 heteroatoms. The summed E-state index contributed by atoms with van der Waals surface area (Å²) in [5.41, 5.74) is -0.151. The van der Waals surface area contributed by atoms with Crippen LogP contribution in [0.3, 0.4) is 0 Å². The molecular formula is C11H18N4O3. The molecule has 0 spiro atoms. The monoisotopic (exact) mass is 254 g/mol. The second-order valence-corrected chi connectivity index (χ2v) is 3.98. The Morgan fingerprint density at radius 2 is 2.22 bits per heavy atom. The third-order valence-corrected chi connectivity index (χ3v) is 2.13. The number of aromatic amines is 1. The number of rotatable bonds is 7. The lowest BCUT2D eigenvalue weighted by Gasteiger charge is -2.10. The number of nitrogens with zero attached hydrogens (tertiary/aromatic N) is 2. The van der Waals surface area contributed by atoms with Crippen molar-refractivity contribution >= 4 is 5.91 Å². The van der Waals surface area contributed by atoms with E-state index < -0.39 is 0 Å². The first-order valence-corrected chi connectivity index (χ1v) is 5.66. The van der Waals surface area contributed by atoms with Gasteiger partial charge in [0, 0.05) is 19.2 Å². The number of H-pyrrole nitrogens is 1. The average molecular weight is 254 g/mol. The lowest BCUT2D eigenvalue weighted by Crippen LogP contribution is -2.29. The van der Waals surface area contributed by atoms with E-state index in [-0.39, 0.29) is 17.2 Å². The zero-order valence-corrected chi connectivity index (χ0v) is 10.6. The minimum atomic E-state index is -0.335. The fourth-order valence-corrected chi connectivity index (χ4v) is 1.15. The van der Waals surface area contributed by atoms with Crippen LogP contribution >= 0.6 is 0 Å². The van der Waals surface area contributed by atoms with E-state index in [9.17, 15) is 9.59 Å². The number of amides is 1. The summed E-state index contributed by atoms with van der Waals surface area (Å²) in [6, 6.07) is 2.64. The SMILES string of the molecule is CN(C)CCOCCNC(=O)c1ccc(=O)[nH]n1. The first kappa shape index (κ1) is 14.3. The lowest BCUT2D eigenvalue weighted by molar-refractivity contribution is 0.0895. The Morgan fingerprint density at radius 1 is 1.44 bits per heavy atom. The summed E-state index contributed by atoms with van der Waals surface area (Å²) in [5.74, 6) is -0.331. The van der Waals surface area contributed by atoms with E-state index in [1.165, 1.54) is 12.1 Å². The van der Waals surface area contributed by atoms with Gasteiger partial charge in [-0.25, -0.2) is 5.10 Å². The molecule has 18 heavy (non-hydrogen) atoms. The predicted octanol–water partition coefficient (Wildman–Crippen LogP) is -0.922. The van der Waals surface area contributed by atoms with Crippen molar-refractivity contribution in [3.05, 3.63) is 28.2 Å². The summed E-state index contributed by atoms with van der Waals surface area (Å²) >= 11 is 0. The van der Waals surface area contributed by atoms with Crippen molar-refractivity contribution < 1.29 is 9.53 Å². The Bertz CT molecular complexity index is 410. The largest absolute Gasteiger partial charge is 0.378 e. The maximum atomic E-state index is 11.5. The third-order valence-electron chi connectivity index (χ3n) is 2.13. The van der Waals surface area contributed by atoms with Gasteiger partial charge in [-0.15, -0.1) is 0 Å². The molecule has 0 saturated carbocycles. The van der Waals surface area contributed by atoms with Crippen LogP contribution in [0, 0.1) is 0 Å². The number of hydrogen-bond donors (Lipinski definition) is 2. The summed E-state index contributed by atoms with van der Waals surface area (Å²) in [6.07, 6.45) is 0. The molecule has 100 valence electrons. The van der Waals surface area contributed by atoms with Crippen molar-refractivity contribution in [3.8, 4) is 0 Å². The number of nitrogens with one attached hydrogen (secondary N) is 2. The quantitative estimate of drug-likeness (QED) is 0.614. The van der Waals surface area contributed by atoms with Gasteiger partial charge in [0.1, 0.15) is 5.69 Å². The summed E-state index contributed by atoms with van der Waals surface area (Å²) in [6.45, 7) is 2.32. The van der Waals surface area contributed by atoms with Crippen LogP contribution in [-0.4, -0.2) is 61.4 Å². The second kappa shape index (κ2) is 7.57. The molecule has 7 nitrogen and oxygen atoms in total. The summed E-state index contributed by atoms with van der Waals surface area (Å²) < 4.78 is 5.32. The van der Waals surface area contributed by atoms with Crippen LogP contribution in [0.4, 0.5) is 0 Å². The average Bonchev–Trinajstić information content (AvgIpc) is 2.34. The molecule has 0 aliphatic carbocycles. The van der Waals surface area contributed by atoms with Crippen molar-refractivity contribution in [2.45, 2.75) is 0 Å². The Morgan fingerprint density at radius 3 is 2.83 bits per heavy atom. The first-order valence-electron chi connectivity index (χ1n) is 5.66. The predicted molar refractivity (Wildman–Crippen MR) is 66.6 cm³/mol. The fourth-order valence-electron chi connectivity index (χ4n) is 1.15. The molecule has 0 fully saturated rings. The molecule has 0 aliphatic heterocycles. The van der Waals surface area contributed by atoms with Gasteiger partial charge >= 0.3 is 0 Å². The van der Waals surface area contributed by atoms with Crippen LogP contribution in [0.25, 0.3) is 0 Å². The zero-order valence-electron chi connectivity index (χ0n) is 10.6. The summed E-state index contributed by atoms with van der Waals surface area (Å²) in [4.78, 5) is 24.3. The van der Waals surface area contributed by atoms with Gasteiger partial charge in [-0.3, -0.25) is 9.59 Å². The maximum absolute atomic E-state index is 11.5. The topological polar surface area (TPSA) is 87.3 Å². The Hall–Kier alpha value is -1.73. The van der Waals surface area contributed by atoms with Crippen LogP contribution in [0.5, 0.6) is 0 Å². The molecule has 0 saturated heterocycles. The fraction of sp³-hybridized carbons (Fsp3) is 0.545. The standard InChI is InChI=1S/C11H18N4O3/c1-15(2)6-8-18-7-5-12-11(17)9-3-4-10(16)14-13-9/h3-4H,5-8H2,1-2H3,(H,12,17)(H,14,16). The molecule has 1 amide bonds. The molecule has 1 aromatic rings. The van der Waals surface area contributed by atoms with Gasteiger partial charge in [0.2, 0.25) is 0 Å². The Kier molecular flexibility index (Phi) is 6.03. The highest BCUT2D eigenvalue weighted by atomic mass is 16.5. The summed E-state index contributed by atoms with van der Waals surface area (Å²) in [5, 5.41) is 8.46. The molecule has 1 heterocycles. The molecule has 0 bridgehead atoms. The van der Waals surface area contributed by atoms with E-state index in [2.05, 4.69) is 15.5 Å². The van der Waals surface area contributed by atoms with Gasteiger partial charge in [0.25, 0.3) is 11.5 Å². The molecule has 0 atom stereocenters. The van der Waals surface area contributed by atoms with Crippen LogP contribution < -0.4 is 10.9 Å². The van der Waals surface area contributed by atoms with Gasteiger partial charge < -0.3 is 15.0 Å². The van der Waals surface area contributed by atoms with E-state index in [0.29, 0.717) is 19.8 Å². The molecule has 0 aliphatic rings. The van der Waals surface area contributed by atoms with Crippen LogP contribution in [-0.2, 0) is 4.74 Å². The Labute approximate surface area is 105 Å². The molecule has 0 aromatic carbocycles. The van der Waals surface area contributed by atoms with E-state index in [1.54, 1.807) is 0 Å². The number of likely N-dealkylation sites (N-methyl/N-ethyl adjacent to an activating group) is 1. The van der Waals surface area contributed by atoms with E-state index in [0.717, 1.165) is 6.54 Å². The smallest absolute Gasteiger partial charge is 0.271 e. The van der Waals surface area contributed by atoms with Crippen molar-refractivity contribution in [2.75, 3.05) is 40.4 Å². The van der Waals surface area contributed by atoms with Gasteiger partial charge in [0.05, 0.1) is 13.2 Å². The van der Waals surface area contributed by atoms with Gasteiger partial charge in [-0.05, 0) is 20.2 Å². The summed E-state index contributed by atoms with van der Waals surface area (Å²) in [7, 11) is 3.93. The Balaban J connectivity index is 2.17. The van der Waals surface area contributed by atoms with Crippen molar-refractivity contribution in [1.82, 2.24) is 20.4 Å². The number of ether oxygens (including phenoxy) is 1. The third kappa shape index (κ3) is 5.55. The number of hydrogen-bond acceptors (Lipinski definition) is 5. The second-order valence-electron chi connectivity index (χ2n) is 3.98. The first-order chi connectivity index (χ1) is 8.59. The lowest BCUT2D eigenvalue weighted by atomic mass is 10.3. The van der Waals surface area contributed by atoms with Crippen LogP contribution in [0.2, 0.25) is 0 Å². The minimum Gasteiger partial charge on any atom is -0.378 e. The molecule has 1 aromatic heterocycles. The van der Waals surface area contributed by atoms with E-state index >= 15 is 0 Å². The van der Waals surface area contributed by atoms with Crippen molar-refractivity contribution in [3.63, 3.8) is 0 Å². The van der Waals surface area contributed by atoms with Crippen LogP contribution in [0.15, 0.2) is 16.9 Å². The highest BCUT2D eigenvalue weighted by Crippen LogP contribution is 1.87. The zero-order chi connectivity index (χ0) is 13.4. The maximum Gasteiger partial charge on any atom is 0.271 e. The molecular weight excluding hydrogens is 236 g/mol. The van der Waals surface area contributed by atoms with E-state index in [1.807, 2.05) is 19.0 Å². The number of aromatic nitrogens is 2. The van der Waals surface area contributed by atoms with Crippen molar-refractivity contribution in [2.24, 2.45) is 0 Å². The van der Waals surface area contributed by atoms with Gasteiger partial charge in [-0.2, -0.15) is 5.10 Å². The minimum absolute atomic E-state index is 0.183. The molecule has 0 unspecified atom stereocenters. The highest BCUT2D eigenvalue weighted by molar-refractivity contribution is 5.91. The molecule has 1 rings (SSSR count). The van der Waals surface area contributed by atoms with Gasteiger partial charge in [0.15, 0.2) is 0 Å². The normalized spacial score (nSPS) is 10.6. The van der Waals surface area contributed by atoms with Crippen LogP contribution in [0.1, 0.15) is 10.5 Å². The number of carbonyl (C=O) groups excluding carboxylic acids is 1.